The van der Waals surface area contributed by atoms with Crippen LogP contribution in [0.5, 0.6) is 23.0 Å². The predicted octanol–water partition coefficient (Wildman–Crippen LogP) is 7.17. The maximum atomic E-state index is 13.1. The van der Waals surface area contributed by atoms with Crippen LogP contribution in [0.3, 0.4) is 0 Å². The lowest BCUT2D eigenvalue weighted by Crippen LogP contribution is -2.03. The van der Waals surface area contributed by atoms with Crippen molar-refractivity contribution in [3.05, 3.63) is 145 Å². The van der Waals surface area contributed by atoms with Gasteiger partial charge in [0.05, 0.1) is 0 Å². The van der Waals surface area contributed by atoms with Crippen molar-refractivity contribution in [1.82, 2.24) is 0 Å². The number of allylic oxidation sites excluding steroid dienone is 5. The van der Waals surface area contributed by atoms with E-state index in [1.807, 2.05) is 0 Å². The van der Waals surface area contributed by atoms with Gasteiger partial charge in [-0.25, -0.2) is 0 Å². The summed E-state index contributed by atoms with van der Waals surface area (Å²) in [5.74, 6) is 1.94. The van der Waals surface area contributed by atoms with Crippen LogP contribution in [-0.4, -0.2) is 11.6 Å². The van der Waals surface area contributed by atoms with E-state index < -0.39 is 0 Å². The molecule has 0 amide bonds. The van der Waals surface area contributed by atoms with Crippen LogP contribution in [0, 0.1) is 0 Å². The van der Waals surface area contributed by atoms with Crippen LogP contribution in [0.15, 0.2) is 134 Å². The second-order valence-electron chi connectivity index (χ2n) is 8.28. The highest BCUT2D eigenvalue weighted by molar-refractivity contribution is 6.12. The molecule has 0 aliphatic heterocycles. The minimum atomic E-state index is -0.251. The summed E-state index contributed by atoms with van der Waals surface area (Å²) in [5.41, 5.74) is 13.9. The van der Waals surface area contributed by atoms with E-state index in [9.17, 15) is 9.59 Å². The van der Waals surface area contributed by atoms with Gasteiger partial charge in [-0.2, -0.15) is 0 Å². The van der Waals surface area contributed by atoms with Crippen LogP contribution >= 0.6 is 0 Å². The molecule has 0 fully saturated rings. The van der Waals surface area contributed by atoms with E-state index >= 15 is 0 Å². The van der Waals surface area contributed by atoms with Crippen LogP contribution < -0.4 is 20.9 Å². The molecule has 0 bridgehead atoms. The molecular weight excluding hydrogens is 476 g/mol. The largest absolute Gasteiger partial charge is 0.457 e. The Morgan fingerprint density at radius 2 is 0.974 bits per heavy atom. The predicted molar refractivity (Wildman–Crippen MR) is 151 cm³/mol. The number of anilines is 2. The monoisotopic (exact) mass is 502 g/mol. The number of carbonyl (C=O) groups excluding carboxylic acids is 2. The first-order chi connectivity index (χ1) is 18.4. The molecule has 4 aromatic carbocycles. The van der Waals surface area contributed by atoms with Gasteiger partial charge in [-0.1, -0.05) is 18.7 Å². The van der Waals surface area contributed by atoms with Gasteiger partial charge < -0.3 is 20.9 Å². The number of benzene rings is 4. The van der Waals surface area contributed by atoms with Crippen molar-refractivity contribution in [3.8, 4) is 23.0 Å². The normalized spacial score (nSPS) is 11.2. The summed E-state index contributed by atoms with van der Waals surface area (Å²) in [7, 11) is 0. The van der Waals surface area contributed by atoms with Gasteiger partial charge in [0, 0.05) is 28.1 Å². The van der Waals surface area contributed by atoms with Gasteiger partial charge >= 0.3 is 0 Å². The summed E-state index contributed by atoms with van der Waals surface area (Å²) >= 11 is 0. The molecule has 188 valence electrons. The van der Waals surface area contributed by atoms with Crippen molar-refractivity contribution < 1.29 is 19.1 Å². The molecule has 0 saturated heterocycles. The van der Waals surface area contributed by atoms with Gasteiger partial charge in [0.15, 0.2) is 11.6 Å². The number of nitrogens with two attached hydrogens (primary N) is 2. The molecule has 0 spiro atoms. The average Bonchev–Trinajstić information content (AvgIpc) is 2.94. The van der Waals surface area contributed by atoms with E-state index in [0.29, 0.717) is 51.1 Å². The zero-order valence-corrected chi connectivity index (χ0v) is 20.5. The second kappa shape index (κ2) is 12.1. The Morgan fingerprint density at radius 1 is 0.579 bits per heavy atom. The quantitative estimate of drug-likeness (QED) is 0.103. The smallest absolute Gasteiger partial charge is 0.193 e. The molecule has 0 radical (unpaired) electrons. The first kappa shape index (κ1) is 25.7. The van der Waals surface area contributed by atoms with Gasteiger partial charge in [0.25, 0.3) is 0 Å². The highest BCUT2D eigenvalue weighted by Crippen LogP contribution is 2.25. The van der Waals surface area contributed by atoms with Crippen LogP contribution in [0.4, 0.5) is 11.4 Å². The Bertz CT molecular complexity index is 1480. The topological polar surface area (TPSA) is 105 Å². The summed E-state index contributed by atoms with van der Waals surface area (Å²) in [4.78, 5) is 25.8. The zero-order valence-electron chi connectivity index (χ0n) is 20.5. The number of Topliss-reactive ketones (excluding diaryl/α,β-unsaturated/α-hetero) is 1. The fourth-order valence-electron chi connectivity index (χ4n) is 3.47. The summed E-state index contributed by atoms with van der Waals surface area (Å²) < 4.78 is 11.5. The lowest BCUT2D eigenvalue weighted by Gasteiger charge is -2.07. The first-order valence-corrected chi connectivity index (χ1v) is 11.8. The molecule has 38 heavy (non-hydrogen) atoms. The number of hydrogen-bond donors (Lipinski definition) is 2. The highest BCUT2D eigenvalue weighted by atomic mass is 16.5. The number of rotatable bonds is 10. The standard InChI is InChI=1S/C32H26N2O4/c1-2-3-23(32(36)24-6-15-28(16-7-24)38-30-19-11-26(34)12-20-30)8-21-31(35)22-4-13-27(14-5-22)37-29-17-9-25(33)10-18-29/h2-21H,1,33-34H2/b21-8+,23-3+. The van der Waals surface area contributed by atoms with Gasteiger partial charge in [-0.3, -0.25) is 9.59 Å². The maximum absolute atomic E-state index is 13.1. The summed E-state index contributed by atoms with van der Waals surface area (Å²) in [6.07, 6.45) is 5.92. The number of hydrogen-bond acceptors (Lipinski definition) is 6. The fourth-order valence-corrected chi connectivity index (χ4v) is 3.47. The summed E-state index contributed by atoms with van der Waals surface area (Å²) in [6.45, 7) is 3.68. The van der Waals surface area contributed by atoms with Crippen molar-refractivity contribution >= 4 is 22.9 Å². The lowest BCUT2D eigenvalue weighted by molar-refractivity contribution is 0.103. The third-order valence-corrected chi connectivity index (χ3v) is 5.46. The molecule has 6 nitrogen and oxygen atoms in total. The highest BCUT2D eigenvalue weighted by Gasteiger charge is 2.11. The number of nitrogen functional groups attached to an aromatic ring is 2. The van der Waals surface area contributed by atoms with Gasteiger partial charge in [-0.05, 0) is 109 Å². The molecule has 6 heteroatoms. The van der Waals surface area contributed by atoms with Gasteiger partial charge in [0.1, 0.15) is 23.0 Å². The van der Waals surface area contributed by atoms with E-state index in [2.05, 4.69) is 6.58 Å². The Morgan fingerprint density at radius 3 is 1.39 bits per heavy atom. The SMILES string of the molecule is C=C/C=C(\C=C\C(=O)c1ccc(Oc2ccc(N)cc2)cc1)C(=O)c1ccc(Oc2ccc(N)cc2)cc1. The van der Waals surface area contributed by atoms with E-state index in [-0.39, 0.29) is 11.6 Å². The van der Waals surface area contributed by atoms with E-state index in [0.717, 1.165) is 0 Å². The molecular formula is C32H26N2O4. The molecule has 4 rings (SSSR count). The van der Waals surface area contributed by atoms with Gasteiger partial charge in [0.2, 0.25) is 0 Å². The molecule has 4 aromatic rings. The fraction of sp³-hybridized carbons (Fsp3) is 0. The van der Waals surface area contributed by atoms with E-state index in [4.69, 9.17) is 20.9 Å². The van der Waals surface area contributed by atoms with Crippen molar-refractivity contribution in [2.75, 3.05) is 11.5 Å². The third kappa shape index (κ3) is 6.86. The van der Waals surface area contributed by atoms with Crippen LogP contribution in [-0.2, 0) is 0 Å². The molecule has 0 unspecified atom stereocenters. The number of ketones is 2. The first-order valence-electron chi connectivity index (χ1n) is 11.8. The Balaban J connectivity index is 1.40. The number of ether oxygens (including phenoxy) is 2. The van der Waals surface area contributed by atoms with Crippen molar-refractivity contribution in [1.29, 1.82) is 0 Å². The zero-order chi connectivity index (χ0) is 26.9. The molecule has 0 aliphatic carbocycles. The molecule has 0 heterocycles. The molecule has 0 atom stereocenters. The second-order valence-corrected chi connectivity index (χ2v) is 8.28. The van der Waals surface area contributed by atoms with Gasteiger partial charge in [-0.15, -0.1) is 0 Å². The van der Waals surface area contributed by atoms with Crippen molar-refractivity contribution in [2.45, 2.75) is 0 Å². The molecule has 4 N–H and O–H groups in total. The summed E-state index contributed by atoms with van der Waals surface area (Å²) in [6, 6.07) is 27.5. The average molecular weight is 503 g/mol. The Kier molecular flexibility index (Phi) is 8.16. The minimum absolute atomic E-state index is 0.250. The Labute approximate surface area is 221 Å². The van der Waals surface area contributed by atoms with Crippen LogP contribution in [0.25, 0.3) is 0 Å². The molecule has 0 aliphatic rings. The molecule has 0 saturated carbocycles. The maximum Gasteiger partial charge on any atom is 0.193 e. The van der Waals surface area contributed by atoms with E-state index in [1.54, 1.807) is 103 Å². The van der Waals surface area contributed by atoms with E-state index in [1.165, 1.54) is 18.2 Å². The Hall–Kier alpha value is -5.36. The van der Waals surface area contributed by atoms with Crippen molar-refractivity contribution in [2.24, 2.45) is 0 Å². The third-order valence-electron chi connectivity index (χ3n) is 5.46. The minimum Gasteiger partial charge on any atom is -0.457 e. The number of carbonyl (C=O) groups is 2. The lowest BCUT2D eigenvalue weighted by atomic mass is 10.0. The van der Waals surface area contributed by atoms with Crippen LogP contribution in [0.2, 0.25) is 0 Å². The summed E-state index contributed by atoms with van der Waals surface area (Å²) in [5, 5.41) is 0. The van der Waals surface area contributed by atoms with Crippen molar-refractivity contribution in [3.63, 3.8) is 0 Å². The molecule has 0 aromatic heterocycles. The van der Waals surface area contributed by atoms with Crippen LogP contribution in [0.1, 0.15) is 20.7 Å².